The number of rotatable bonds is 4. The van der Waals surface area contributed by atoms with Crippen molar-refractivity contribution in [1.82, 2.24) is 10.1 Å². The molecule has 1 atom stereocenters. The molecule has 0 spiro atoms. The monoisotopic (exact) mass is 266 g/mol. The molecule has 1 unspecified atom stereocenters. The molecule has 2 rings (SSSR count). The molecule has 0 aliphatic rings. The van der Waals surface area contributed by atoms with Gasteiger partial charge >= 0.3 is 5.97 Å². The highest BCUT2D eigenvalue weighted by Gasteiger charge is 2.21. The molecule has 2 heterocycles. The molecule has 2 aromatic rings. The van der Waals surface area contributed by atoms with Crippen molar-refractivity contribution in [2.75, 3.05) is 6.61 Å². The fourth-order valence-electron chi connectivity index (χ4n) is 1.45. The lowest BCUT2D eigenvalue weighted by Gasteiger charge is -2.06. The molecule has 0 amide bonds. The van der Waals surface area contributed by atoms with Gasteiger partial charge in [0, 0.05) is 11.4 Å². The third-order valence-corrected chi connectivity index (χ3v) is 3.44. The third-order valence-electron chi connectivity index (χ3n) is 2.41. The normalized spacial score (nSPS) is 12.4. The van der Waals surface area contributed by atoms with Crippen molar-refractivity contribution in [3.63, 3.8) is 0 Å². The first-order valence-corrected chi connectivity index (χ1v) is 6.55. The van der Waals surface area contributed by atoms with Crippen LogP contribution in [0.3, 0.4) is 0 Å². The SMILES string of the molecule is CCOC(=O)C(C)c1nc(-c2cc(C)no2)cs1. The summed E-state index contributed by atoms with van der Waals surface area (Å²) in [6.45, 7) is 5.80. The Morgan fingerprint density at radius 3 is 3.00 bits per heavy atom. The Morgan fingerprint density at radius 1 is 1.61 bits per heavy atom. The van der Waals surface area contributed by atoms with Crippen LogP contribution in [-0.2, 0) is 9.53 Å². The first-order chi connectivity index (χ1) is 8.61. The van der Waals surface area contributed by atoms with Crippen molar-refractivity contribution < 1.29 is 14.1 Å². The van der Waals surface area contributed by atoms with Gasteiger partial charge in [0.25, 0.3) is 0 Å². The van der Waals surface area contributed by atoms with E-state index in [-0.39, 0.29) is 11.9 Å². The van der Waals surface area contributed by atoms with Crippen LogP contribution in [-0.4, -0.2) is 22.7 Å². The maximum Gasteiger partial charge on any atom is 0.315 e. The van der Waals surface area contributed by atoms with Crippen LogP contribution in [0.25, 0.3) is 11.5 Å². The average Bonchev–Trinajstić information content (AvgIpc) is 2.96. The quantitative estimate of drug-likeness (QED) is 0.796. The van der Waals surface area contributed by atoms with Crippen LogP contribution in [0.2, 0.25) is 0 Å². The second kappa shape index (κ2) is 5.30. The minimum Gasteiger partial charge on any atom is -0.465 e. The molecule has 0 aliphatic heterocycles. The number of thiazole rings is 1. The summed E-state index contributed by atoms with van der Waals surface area (Å²) in [6, 6.07) is 1.81. The predicted molar refractivity (Wildman–Crippen MR) is 67.4 cm³/mol. The van der Waals surface area contributed by atoms with Crippen LogP contribution in [0, 0.1) is 6.92 Å². The highest BCUT2D eigenvalue weighted by molar-refractivity contribution is 7.10. The zero-order valence-electron chi connectivity index (χ0n) is 10.5. The van der Waals surface area contributed by atoms with Gasteiger partial charge < -0.3 is 9.26 Å². The Morgan fingerprint density at radius 2 is 2.39 bits per heavy atom. The molecule has 96 valence electrons. The van der Waals surface area contributed by atoms with Gasteiger partial charge in [-0.1, -0.05) is 5.16 Å². The lowest BCUT2D eigenvalue weighted by Crippen LogP contribution is -2.12. The summed E-state index contributed by atoms with van der Waals surface area (Å²) < 4.78 is 10.1. The summed E-state index contributed by atoms with van der Waals surface area (Å²) in [4.78, 5) is 16.0. The number of carbonyl (C=O) groups is 1. The van der Waals surface area contributed by atoms with E-state index in [1.54, 1.807) is 13.8 Å². The minimum absolute atomic E-state index is 0.257. The molecule has 0 aromatic carbocycles. The van der Waals surface area contributed by atoms with E-state index in [9.17, 15) is 4.79 Å². The highest BCUT2D eigenvalue weighted by Crippen LogP contribution is 2.27. The molecule has 6 heteroatoms. The summed E-state index contributed by atoms with van der Waals surface area (Å²) in [5, 5.41) is 6.38. The number of hydrogen-bond acceptors (Lipinski definition) is 6. The van der Waals surface area contributed by atoms with Gasteiger partial charge in [-0.05, 0) is 20.8 Å². The molecule has 0 N–H and O–H groups in total. The zero-order valence-corrected chi connectivity index (χ0v) is 11.3. The minimum atomic E-state index is -0.354. The van der Waals surface area contributed by atoms with E-state index in [1.807, 2.05) is 18.4 Å². The van der Waals surface area contributed by atoms with E-state index < -0.39 is 0 Å². The highest BCUT2D eigenvalue weighted by atomic mass is 32.1. The van der Waals surface area contributed by atoms with Gasteiger partial charge in [0.15, 0.2) is 5.76 Å². The third kappa shape index (κ3) is 2.59. The maximum atomic E-state index is 11.6. The number of ether oxygens (including phenoxy) is 1. The second-order valence-electron chi connectivity index (χ2n) is 3.88. The summed E-state index contributed by atoms with van der Waals surface area (Å²) in [6.07, 6.45) is 0. The van der Waals surface area contributed by atoms with Crippen molar-refractivity contribution in [2.24, 2.45) is 0 Å². The van der Waals surface area contributed by atoms with Crippen molar-refractivity contribution in [2.45, 2.75) is 26.7 Å². The van der Waals surface area contributed by atoms with Gasteiger partial charge in [0.2, 0.25) is 0 Å². The number of carbonyl (C=O) groups excluding carboxylic acids is 1. The molecule has 5 nitrogen and oxygen atoms in total. The Balaban J connectivity index is 2.17. The summed E-state index contributed by atoms with van der Waals surface area (Å²) in [7, 11) is 0. The molecule has 0 radical (unpaired) electrons. The Kier molecular flexibility index (Phi) is 3.76. The van der Waals surface area contributed by atoms with Crippen LogP contribution < -0.4 is 0 Å². The maximum absolute atomic E-state index is 11.6. The van der Waals surface area contributed by atoms with E-state index in [2.05, 4.69) is 10.1 Å². The Bertz CT molecular complexity index is 547. The lowest BCUT2D eigenvalue weighted by molar-refractivity contribution is -0.144. The van der Waals surface area contributed by atoms with E-state index in [0.717, 1.165) is 10.7 Å². The number of nitrogens with zero attached hydrogens (tertiary/aromatic N) is 2. The van der Waals surface area contributed by atoms with Crippen LogP contribution in [0.15, 0.2) is 16.0 Å². The van der Waals surface area contributed by atoms with Gasteiger partial charge in [0.1, 0.15) is 16.6 Å². The van der Waals surface area contributed by atoms with Gasteiger partial charge in [-0.25, -0.2) is 4.98 Å². The second-order valence-corrected chi connectivity index (χ2v) is 4.77. The molecule has 0 saturated carbocycles. The van der Waals surface area contributed by atoms with E-state index in [1.165, 1.54) is 11.3 Å². The van der Waals surface area contributed by atoms with Crippen LogP contribution in [0.4, 0.5) is 0 Å². The fourth-order valence-corrected chi connectivity index (χ4v) is 2.30. The van der Waals surface area contributed by atoms with Gasteiger partial charge in [-0.3, -0.25) is 4.79 Å². The molecule has 2 aromatic heterocycles. The molecule has 18 heavy (non-hydrogen) atoms. The van der Waals surface area contributed by atoms with Crippen LogP contribution in [0.1, 0.15) is 30.5 Å². The van der Waals surface area contributed by atoms with Crippen LogP contribution >= 0.6 is 11.3 Å². The van der Waals surface area contributed by atoms with Gasteiger partial charge in [-0.15, -0.1) is 11.3 Å². The van der Waals surface area contributed by atoms with Crippen molar-refractivity contribution in [1.29, 1.82) is 0 Å². The molecule has 0 fully saturated rings. The summed E-state index contributed by atoms with van der Waals surface area (Å²) in [5.41, 5.74) is 1.50. The predicted octanol–water partition coefficient (Wildman–Crippen LogP) is 2.77. The van der Waals surface area contributed by atoms with Gasteiger partial charge in [0.05, 0.1) is 12.3 Å². The first-order valence-electron chi connectivity index (χ1n) is 5.67. The number of aromatic nitrogens is 2. The van der Waals surface area contributed by atoms with Crippen molar-refractivity contribution in [3.8, 4) is 11.5 Å². The van der Waals surface area contributed by atoms with E-state index in [4.69, 9.17) is 9.26 Å². The van der Waals surface area contributed by atoms with E-state index >= 15 is 0 Å². The van der Waals surface area contributed by atoms with E-state index in [0.29, 0.717) is 18.1 Å². The fraction of sp³-hybridized carbons (Fsp3) is 0.417. The molecule has 0 aliphatic carbocycles. The number of hydrogen-bond donors (Lipinski definition) is 0. The number of esters is 1. The number of aryl methyl sites for hydroxylation is 1. The summed E-state index contributed by atoms with van der Waals surface area (Å²) >= 11 is 1.42. The topological polar surface area (TPSA) is 65.2 Å². The lowest BCUT2D eigenvalue weighted by atomic mass is 10.2. The van der Waals surface area contributed by atoms with Crippen molar-refractivity contribution >= 4 is 17.3 Å². The molecule has 0 bridgehead atoms. The average molecular weight is 266 g/mol. The molecular formula is C12H14N2O3S. The van der Waals surface area contributed by atoms with Crippen LogP contribution in [0.5, 0.6) is 0 Å². The largest absolute Gasteiger partial charge is 0.465 e. The Labute approximate surface area is 109 Å². The van der Waals surface area contributed by atoms with Crippen molar-refractivity contribution in [3.05, 3.63) is 22.1 Å². The molecule has 0 saturated heterocycles. The zero-order chi connectivity index (χ0) is 13.1. The standard InChI is InChI=1S/C12H14N2O3S/c1-4-16-12(15)8(3)11-13-9(6-18-11)10-5-7(2)14-17-10/h5-6,8H,4H2,1-3H3. The first kappa shape index (κ1) is 12.8. The Hall–Kier alpha value is -1.69. The molecular weight excluding hydrogens is 252 g/mol. The smallest absolute Gasteiger partial charge is 0.315 e. The summed E-state index contributed by atoms with van der Waals surface area (Å²) in [5.74, 6) is 0.00549. The van der Waals surface area contributed by atoms with Gasteiger partial charge in [-0.2, -0.15) is 0 Å².